The van der Waals surface area contributed by atoms with Crippen molar-refractivity contribution in [1.82, 2.24) is 10.3 Å². The SMILES string of the molecule is CCCCOc1ccc(C(=O)NNS(=O)(=O)c2ccc(Cl)cc2)cc1OC. The number of ether oxygens (including phenoxy) is 2. The molecule has 0 saturated heterocycles. The molecule has 2 rings (SSSR count). The first-order valence-corrected chi connectivity index (χ1v) is 10.1. The van der Waals surface area contributed by atoms with Gasteiger partial charge < -0.3 is 9.47 Å². The molecule has 0 bridgehead atoms. The van der Waals surface area contributed by atoms with Gasteiger partial charge in [-0.1, -0.05) is 24.9 Å². The third-order valence-corrected chi connectivity index (χ3v) is 5.12. The van der Waals surface area contributed by atoms with Crippen LogP contribution in [0.25, 0.3) is 0 Å². The average molecular weight is 413 g/mol. The summed E-state index contributed by atoms with van der Waals surface area (Å²) in [6, 6.07) is 10.2. The zero-order valence-electron chi connectivity index (χ0n) is 15.0. The number of carbonyl (C=O) groups is 1. The molecule has 146 valence electrons. The molecule has 0 aromatic heterocycles. The fraction of sp³-hybridized carbons (Fsp3) is 0.278. The van der Waals surface area contributed by atoms with E-state index in [9.17, 15) is 13.2 Å². The molecule has 1 amide bonds. The number of nitrogens with one attached hydrogen (secondary N) is 2. The molecule has 0 fully saturated rings. The van der Waals surface area contributed by atoms with Crippen LogP contribution < -0.4 is 19.7 Å². The average Bonchev–Trinajstić information content (AvgIpc) is 2.67. The molecule has 0 aliphatic carbocycles. The van der Waals surface area contributed by atoms with E-state index in [0.29, 0.717) is 23.1 Å². The number of hydrogen-bond donors (Lipinski definition) is 2. The van der Waals surface area contributed by atoms with E-state index in [-0.39, 0.29) is 10.5 Å². The smallest absolute Gasteiger partial charge is 0.266 e. The third-order valence-electron chi connectivity index (χ3n) is 3.60. The summed E-state index contributed by atoms with van der Waals surface area (Å²) in [6.07, 6.45) is 1.90. The van der Waals surface area contributed by atoms with E-state index in [2.05, 4.69) is 12.3 Å². The summed E-state index contributed by atoms with van der Waals surface area (Å²) in [6.45, 7) is 2.60. The highest BCUT2D eigenvalue weighted by atomic mass is 35.5. The van der Waals surface area contributed by atoms with E-state index in [0.717, 1.165) is 12.8 Å². The van der Waals surface area contributed by atoms with Crippen molar-refractivity contribution in [2.24, 2.45) is 0 Å². The highest BCUT2D eigenvalue weighted by Gasteiger charge is 2.17. The number of benzene rings is 2. The standard InChI is InChI=1S/C18H21ClN2O5S/c1-3-4-11-26-16-10-5-13(12-17(16)25-2)18(22)20-21-27(23,24)15-8-6-14(19)7-9-15/h5-10,12,21H,3-4,11H2,1-2H3,(H,20,22). The van der Waals surface area contributed by atoms with E-state index in [1.54, 1.807) is 6.07 Å². The summed E-state index contributed by atoms with van der Waals surface area (Å²) in [5.74, 6) is 0.273. The van der Waals surface area contributed by atoms with Crippen LogP contribution in [0.2, 0.25) is 5.02 Å². The summed E-state index contributed by atoms with van der Waals surface area (Å²) < 4.78 is 35.2. The van der Waals surface area contributed by atoms with Gasteiger partial charge in [0.1, 0.15) is 0 Å². The van der Waals surface area contributed by atoms with Gasteiger partial charge in [-0.2, -0.15) is 0 Å². The summed E-state index contributed by atoms with van der Waals surface area (Å²) in [7, 11) is -2.45. The first-order chi connectivity index (χ1) is 12.9. The van der Waals surface area contributed by atoms with Gasteiger partial charge in [0.05, 0.1) is 18.6 Å². The maximum absolute atomic E-state index is 12.3. The Hall–Kier alpha value is -2.29. The van der Waals surface area contributed by atoms with Crippen molar-refractivity contribution in [3.63, 3.8) is 0 Å². The molecule has 7 nitrogen and oxygen atoms in total. The van der Waals surface area contributed by atoms with Crippen molar-refractivity contribution in [2.45, 2.75) is 24.7 Å². The second-order valence-corrected chi connectivity index (χ2v) is 7.70. The summed E-state index contributed by atoms with van der Waals surface area (Å²) >= 11 is 5.74. The first kappa shape index (κ1) is 21.0. The Bertz CT molecular complexity index is 885. The number of amides is 1. The molecule has 0 spiro atoms. The molecule has 0 heterocycles. The molecule has 0 radical (unpaired) electrons. The highest BCUT2D eigenvalue weighted by molar-refractivity contribution is 7.89. The van der Waals surface area contributed by atoms with Crippen molar-refractivity contribution in [1.29, 1.82) is 0 Å². The van der Waals surface area contributed by atoms with Crippen molar-refractivity contribution in [2.75, 3.05) is 13.7 Å². The molecule has 0 atom stereocenters. The molecular weight excluding hydrogens is 392 g/mol. The van der Waals surface area contributed by atoms with E-state index in [4.69, 9.17) is 21.1 Å². The Morgan fingerprint density at radius 3 is 2.44 bits per heavy atom. The Labute approximate surface area is 163 Å². The Morgan fingerprint density at radius 2 is 1.81 bits per heavy atom. The lowest BCUT2D eigenvalue weighted by atomic mass is 10.2. The summed E-state index contributed by atoms with van der Waals surface area (Å²) in [5, 5.41) is 0.409. The van der Waals surface area contributed by atoms with Gasteiger partial charge in [-0.15, -0.1) is 4.83 Å². The summed E-state index contributed by atoms with van der Waals surface area (Å²) in [4.78, 5) is 14.3. The van der Waals surface area contributed by atoms with E-state index >= 15 is 0 Å². The minimum atomic E-state index is -3.92. The number of carbonyl (C=O) groups excluding carboxylic acids is 1. The zero-order chi connectivity index (χ0) is 19.9. The van der Waals surface area contributed by atoms with Crippen molar-refractivity contribution in [3.05, 3.63) is 53.1 Å². The molecule has 2 aromatic rings. The molecule has 9 heteroatoms. The molecular formula is C18H21ClN2O5S. The Kier molecular flexibility index (Phi) is 7.46. The molecule has 2 aromatic carbocycles. The predicted molar refractivity (Wildman–Crippen MR) is 103 cm³/mol. The molecule has 2 N–H and O–H groups in total. The normalized spacial score (nSPS) is 11.1. The maximum Gasteiger partial charge on any atom is 0.266 e. The number of methoxy groups -OCH3 is 1. The van der Waals surface area contributed by atoms with Gasteiger partial charge >= 0.3 is 0 Å². The van der Waals surface area contributed by atoms with Crippen LogP contribution in [-0.4, -0.2) is 28.0 Å². The number of hydrazine groups is 1. The quantitative estimate of drug-likeness (QED) is 0.487. The number of unbranched alkanes of at least 4 members (excludes halogenated alkanes) is 1. The van der Waals surface area contributed by atoms with Gasteiger partial charge in [-0.3, -0.25) is 10.2 Å². The van der Waals surface area contributed by atoms with Crippen molar-refractivity contribution >= 4 is 27.5 Å². The largest absolute Gasteiger partial charge is 0.493 e. The molecule has 27 heavy (non-hydrogen) atoms. The van der Waals surface area contributed by atoms with Gasteiger partial charge in [-0.25, -0.2) is 8.42 Å². The number of sulfonamides is 1. The third kappa shape index (κ3) is 5.85. The monoisotopic (exact) mass is 412 g/mol. The van der Waals surface area contributed by atoms with Crippen LogP contribution in [0.15, 0.2) is 47.4 Å². The van der Waals surface area contributed by atoms with E-state index in [1.165, 1.54) is 43.5 Å². The van der Waals surface area contributed by atoms with Crippen LogP contribution >= 0.6 is 11.6 Å². The molecule has 0 unspecified atom stereocenters. The van der Waals surface area contributed by atoms with Crippen LogP contribution in [0.3, 0.4) is 0 Å². The van der Waals surface area contributed by atoms with Crippen molar-refractivity contribution in [3.8, 4) is 11.5 Å². The van der Waals surface area contributed by atoms with Crippen LogP contribution in [0.4, 0.5) is 0 Å². The van der Waals surface area contributed by atoms with Crippen LogP contribution in [0, 0.1) is 0 Å². The van der Waals surface area contributed by atoms with Gasteiger partial charge in [0.25, 0.3) is 15.9 Å². The fourth-order valence-electron chi connectivity index (χ4n) is 2.11. The second-order valence-electron chi connectivity index (χ2n) is 5.58. The zero-order valence-corrected chi connectivity index (χ0v) is 16.6. The van der Waals surface area contributed by atoms with Crippen LogP contribution in [-0.2, 0) is 10.0 Å². The lowest BCUT2D eigenvalue weighted by molar-refractivity contribution is 0.0944. The Morgan fingerprint density at radius 1 is 1.11 bits per heavy atom. The second kappa shape index (κ2) is 9.59. The number of hydrogen-bond acceptors (Lipinski definition) is 5. The van der Waals surface area contributed by atoms with Gasteiger partial charge in [0.2, 0.25) is 0 Å². The minimum Gasteiger partial charge on any atom is -0.493 e. The van der Waals surface area contributed by atoms with E-state index in [1.807, 2.05) is 4.83 Å². The van der Waals surface area contributed by atoms with Crippen LogP contribution in [0.1, 0.15) is 30.1 Å². The number of halogens is 1. The lowest BCUT2D eigenvalue weighted by Crippen LogP contribution is -2.41. The fourth-order valence-corrected chi connectivity index (χ4v) is 3.08. The predicted octanol–water partition coefficient (Wildman–Crippen LogP) is 3.15. The molecule has 0 aliphatic heterocycles. The van der Waals surface area contributed by atoms with E-state index < -0.39 is 15.9 Å². The van der Waals surface area contributed by atoms with Crippen molar-refractivity contribution < 1.29 is 22.7 Å². The topological polar surface area (TPSA) is 93.7 Å². The van der Waals surface area contributed by atoms with Crippen LogP contribution in [0.5, 0.6) is 11.5 Å². The van der Waals surface area contributed by atoms with Gasteiger partial charge in [0, 0.05) is 10.6 Å². The number of rotatable bonds is 9. The maximum atomic E-state index is 12.3. The summed E-state index contributed by atoms with van der Waals surface area (Å²) in [5.41, 5.74) is 2.39. The van der Waals surface area contributed by atoms with Gasteiger partial charge in [0.15, 0.2) is 11.5 Å². The highest BCUT2D eigenvalue weighted by Crippen LogP contribution is 2.28. The van der Waals surface area contributed by atoms with Gasteiger partial charge in [-0.05, 0) is 48.9 Å². The Balaban J connectivity index is 2.05. The molecule has 0 saturated carbocycles. The molecule has 0 aliphatic rings. The minimum absolute atomic E-state index is 0.0237. The first-order valence-electron chi connectivity index (χ1n) is 8.26. The lowest BCUT2D eigenvalue weighted by Gasteiger charge is -2.12.